The molecule has 2 aromatic rings. The van der Waals surface area contributed by atoms with Gasteiger partial charge in [-0.15, -0.1) is 0 Å². The standard InChI is InChI=1S/C19H21F3/c1-13-5-9-16(10-6-13)15(3)18(4,19(20,21)22)17-11-7-14(2)8-12-17/h5-12,15H,1-4H3/t15?,18-/m0/s1. The predicted octanol–water partition coefficient (Wildman–Crippen LogP) is 5.93. The van der Waals surface area contributed by atoms with Gasteiger partial charge in [0.25, 0.3) is 0 Å². The first kappa shape index (κ1) is 16.6. The van der Waals surface area contributed by atoms with Gasteiger partial charge in [0.05, 0.1) is 5.41 Å². The lowest BCUT2D eigenvalue weighted by Gasteiger charge is -2.38. The van der Waals surface area contributed by atoms with Crippen LogP contribution in [0, 0.1) is 13.8 Å². The lowest BCUT2D eigenvalue weighted by molar-refractivity contribution is -0.191. The number of rotatable bonds is 3. The number of alkyl halides is 3. The molecule has 0 radical (unpaired) electrons. The second-order valence-corrected chi connectivity index (χ2v) is 6.20. The van der Waals surface area contributed by atoms with E-state index in [9.17, 15) is 13.2 Å². The highest BCUT2D eigenvalue weighted by molar-refractivity contribution is 5.36. The molecular weight excluding hydrogens is 285 g/mol. The van der Waals surface area contributed by atoms with Crippen molar-refractivity contribution < 1.29 is 13.2 Å². The Bertz CT molecular complexity index is 623. The molecule has 22 heavy (non-hydrogen) atoms. The zero-order chi connectivity index (χ0) is 16.5. The SMILES string of the molecule is Cc1ccc(C(C)[C@@](C)(c2ccc(C)cc2)C(F)(F)F)cc1. The predicted molar refractivity (Wildman–Crippen MR) is 84.2 cm³/mol. The quantitative estimate of drug-likeness (QED) is 0.659. The summed E-state index contributed by atoms with van der Waals surface area (Å²) in [5.41, 5.74) is 1.08. The molecule has 3 heteroatoms. The van der Waals surface area contributed by atoms with Gasteiger partial charge in [-0.3, -0.25) is 0 Å². The molecule has 118 valence electrons. The average molecular weight is 306 g/mol. The van der Waals surface area contributed by atoms with E-state index in [-0.39, 0.29) is 0 Å². The molecule has 2 atom stereocenters. The van der Waals surface area contributed by atoms with Crippen LogP contribution in [0.25, 0.3) is 0 Å². The number of hydrogen-bond acceptors (Lipinski definition) is 0. The number of hydrogen-bond donors (Lipinski definition) is 0. The molecule has 0 saturated carbocycles. The topological polar surface area (TPSA) is 0 Å². The summed E-state index contributed by atoms with van der Waals surface area (Å²) in [7, 11) is 0. The van der Waals surface area contributed by atoms with Gasteiger partial charge in [0.15, 0.2) is 0 Å². The highest BCUT2D eigenvalue weighted by atomic mass is 19.4. The molecule has 0 saturated heterocycles. The van der Waals surface area contributed by atoms with Crippen LogP contribution in [0.5, 0.6) is 0 Å². The second kappa shape index (κ2) is 5.79. The van der Waals surface area contributed by atoms with Crippen LogP contribution in [0.4, 0.5) is 13.2 Å². The summed E-state index contributed by atoms with van der Waals surface area (Å²) in [5.74, 6) is -0.671. The van der Waals surface area contributed by atoms with E-state index in [1.807, 2.05) is 26.0 Å². The van der Waals surface area contributed by atoms with Gasteiger partial charge in [-0.05, 0) is 37.8 Å². The molecule has 0 N–H and O–H groups in total. The third kappa shape index (κ3) is 2.90. The van der Waals surface area contributed by atoms with Crippen LogP contribution in [0.2, 0.25) is 0 Å². The van der Waals surface area contributed by atoms with Crippen molar-refractivity contribution in [1.29, 1.82) is 0 Å². The molecule has 0 aliphatic carbocycles. The number of benzene rings is 2. The normalized spacial score (nSPS) is 16.1. The van der Waals surface area contributed by atoms with Gasteiger partial charge < -0.3 is 0 Å². The van der Waals surface area contributed by atoms with E-state index >= 15 is 0 Å². The Morgan fingerprint density at radius 1 is 0.773 bits per heavy atom. The first-order valence-electron chi connectivity index (χ1n) is 7.36. The molecule has 0 aliphatic heterocycles. The second-order valence-electron chi connectivity index (χ2n) is 6.20. The van der Waals surface area contributed by atoms with Crippen LogP contribution in [0.15, 0.2) is 48.5 Å². The molecule has 0 bridgehead atoms. The van der Waals surface area contributed by atoms with Crippen molar-refractivity contribution in [3.8, 4) is 0 Å². The van der Waals surface area contributed by atoms with E-state index in [1.54, 1.807) is 43.3 Å². The molecule has 0 fully saturated rings. The van der Waals surface area contributed by atoms with Crippen molar-refractivity contribution in [2.75, 3.05) is 0 Å². The fraction of sp³-hybridized carbons (Fsp3) is 0.368. The van der Waals surface area contributed by atoms with Crippen LogP contribution in [0.1, 0.15) is 42.0 Å². The van der Waals surface area contributed by atoms with E-state index in [2.05, 4.69) is 0 Å². The molecule has 0 aromatic heterocycles. The molecular formula is C19H21F3. The van der Waals surface area contributed by atoms with Gasteiger partial charge >= 0.3 is 6.18 Å². The van der Waals surface area contributed by atoms with Gasteiger partial charge in [-0.2, -0.15) is 13.2 Å². The van der Waals surface area contributed by atoms with E-state index in [1.165, 1.54) is 6.92 Å². The zero-order valence-corrected chi connectivity index (χ0v) is 13.3. The molecule has 0 spiro atoms. The van der Waals surface area contributed by atoms with Crippen LogP contribution in [-0.2, 0) is 5.41 Å². The van der Waals surface area contributed by atoms with Crippen molar-refractivity contribution in [2.45, 2.75) is 45.2 Å². The minimum Gasteiger partial charge on any atom is -0.170 e. The van der Waals surface area contributed by atoms with Crippen LogP contribution in [0.3, 0.4) is 0 Å². The van der Waals surface area contributed by atoms with Crippen LogP contribution >= 0.6 is 0 Å². The summed E-state index contributed by atoms with van der Waals surface area (Å²) in [6, 6.07) is 14.0. The largest absolute Gasteiger partial charge is 0.398 e. The summed E-state index contributed by atoms with van der Waals surface area (Å²) in [5, 5.41) is 0. The summed E-state index contributed by atoms with van der Waals surface area (Å²) in [6.45, 7) is 6.75. The van der Waals surface area contributed by atoms with E-state index in [0.717, 1.165) is 11.1 Å². The molecule has 0 aliphatic rings. The van der Waals surface area contributed by atoms with Crippen LogP contribution < -0.4 is 0 Å². The fourth-order valence-electron chi connectivity index (χ4n) is 2.75. The summed E-state index contributed by atoms with van der Waals surface area (Å²) in [4.78, 5) is 0. The summed E-state index contributed by atoms with van der Waals surface area (Å²) >= 11 is 0. The Hall–Kier alpha value is -1.77. The summed E-state index contributed by atoms with van der Waals surface area (Å²) in [6.07, 6.45) is -4.33. The summed E-state index contributed by atoms with van der Waals surface area (Å²) < 4.78 is 41.7. The Labute approximate surface area is 130 Å². The minimum atomic E-state index is -4.33. The van der Waals surface area contributed by atoms with Gasteiger partial charge in [0.1, 0.15) is 0 Å². The maximum atomic E-state index is 13.9. The van der Waals surface area contributed by atoms with Gasteiger partial charge in [0.2, 0.25) is 0 Å². The smallest absolute Gasteiger partial charge is 0.170 e. The van der Waals surface area contributed by atoms with Crippen molar-refractivity contribution in [3.63, 3.8) is 0 Å². The van der Waals surface area contributed by atoms with E-state index in [4.69, 9.17) is 0 Å². The highest BCUT2D eigenvalue weighted by Gasteiger charge is 2.55. The monoisotopic (exact) mass is 306 g/mol. The lowest BCUT2D eigenvalue weighted by atomic mass is 9.69. The lowest BCUT2D eigenvalue weighted by Crippen LogP contribution is -2.43. The number of aryl methyl sites for hydroxylation is 2. The molecule has 0 nitrogen and oxygen atoms in total. The minimum absolute atomic E-state index is 0.304. The Morgan fingerprint density at radius 3 is 1.59 bits per heavy atom. The van der Waals surface area contributed by atoms with Gasteiger partial charge in [0, 0.05) is 0 Å². The zero-order valence-electron chi connectivity index (χ0n) is 13.3. The van der Waals surface area contributed by atoms with Crippen LogP contribution in [-0.4, -0.2) is 6.18 Å². The third-order valence-electron chi connectivity index (χ3n) is 4.68. The van der Waals surface area contributed by atoms with Crippen molar-refractivity contribution in [1.82, 2.24) is 0 Å². The van der Waals surface area contributed by atoms with E-state index in [0.29, 0.717) is 11.1 Å². The fourth-order valence-corrected chi connectivity index (χ4v) is 2.75. The molecule has 1 unspecified atom stereocenters. The van der Waals surface area contributed by atoms with Gasteiger partial charge in [-0.25, -0.2) is 0 Å². The Morgan fingerprint density at radius 2 is 1.18 bits per heavy atom. The average Bonchev–Trinajstić information content (AvgIpc) is 2.46. The van der Waals surface area contributed by atoms with E-state index < -0.39 is 17.5 Å². The molecule has 0 heterocycles. The first-order chi connectivity index (χ1) is 10.2. The van der Waals surface area contributed by atoms with Crippen molar-refractivity contribution in [2.24, 2.45) is 0 Å². The molecule has 2 rings (SSSR count). The van der Waals surface area contributed by atoms with Crippen molar-refractivity contribution in [3.05, 3.63) is 70.8 Å². The first-order valence-corrected chi connectivity index (χ1v) is 7.36. The van der Waals surface area contributed by atoms with Gasteiger partial charge in [-0.1, -0.05) is 66.6 Å². The maximum Gasteiger partial charge on any atom is 0.398 e. The third-order valence-corrected chi connectivity index (χ3v) is 4.68. The molecule has 2 aromatic carbocycles. The molecule has 0 amide bonds. The van der Waals surface area contributed by atoms with Crippen molar-refractivity contribution >= 4 is 0 Å². The maximum absolute atomic E-state index is 13.9. The Balaban J connectivity index is 2.54. The highest BCUT2D eigenvalue weighted by Crippen LogP contribution is 2.50. The Kier molecular flexibility index (Phi) is 4.37. The number of halogens is 3.